The van der Waals surface area contributed by atoms with Crippen molar-refractivity contribution in [3.05, 3.63) is 102 Å². The molecule has 4 aromatic carbocycles. The lowest BCUT2D eigenvalue weighted by molar-refractivity contribution is -0.138. The summed E-state index contributed by atoms with van der Waals surface area (Å²) in [5.74, 6) is -0.557. The van der Waals surface area contributed by atoms with Gasteiger partial charge >= 0.3 is 5.97 Å². The van der Waals surface area contributed by atoms with Crippen molar-refractivity contribution in [2.45, 2.75) is 31.7 Å². The van der Waals surface area contributed by atoms with Crippen LogP contribution in [0.4, 0.5) is 0 Å². The first-order valence-electron chi connectivity index (χ1n) is 11.2. The Hall–Kier alpha value is -3.48. The Morgan fingerprint density at radius 2 is 1.50 bits per heavy atom. The molecule has 0 aromatic heterocycles. The zero-order chi connectivity index (χ0) is 24.3. The molecule has 0 amide bonds. The smallest absolute Gasteiger partial charge is 0.335 e. The van der Waals surface area contributed by atoms with E-state index < -0.39 is 22.0 Å². The number of allylic oxidation sites excluding steroid dienone is 1. The van der Waals surface area contributed by atoms with E-state index in [4.69, 9.17) is 4.74 Å². The van der Waals surface area contributed by atoms with Gasteiger partial charge in [-0.1, -0.05) is 72.3 Å². The van der Waals surface area contributed by atoms with Crippen molar-refractivity contribution in [3.63, 3.8) is 0 Å². The first kappa shape index (κ1) is 23.7. The summed E-state index contributed by atoms with van der Waals surface area (Å²) in [4.78, 5) is 13.1. The zero-order valence-electron chi connectivity index (χ0n) is 19.4. The Balaban J connectivity index is 1.99. The molecule has 0 fully saturated rings. The van der Waals surface area contributed by atoms with Gasteiger partial charge in [0.25, 0.3) is 0 Å². The molecule has 4 aromatic rings. The highest BCUT2D eigenvalue weighted by atomic mass is 32.2. The molecular weight excluding hydrogens is 446 g/mol. The number of carbonyl (C=O) groups excluding carboxylic acids is 1. The summed E-state index contributed by atoms with van der Waals surface area (Å²) in [5.41, 5.74) is 1.90. The lowest BCUT2D eigenvalue weighted by atomic mass is 9.89. The molecule has 0 spiro atoms. The number of nitrogens with one attached hydrogen (secondary N) is 1. The van der Waals surface area contributed by atoms with Crippen molar-refractivity contribution >= 4 is 37.5 Å². The summed E-state index contributed by atoms with van der Waals surface area (Å²) in [7, 11) is -3.96. The summed E-state index contributed by atoms with van der Waals surface area (Å²) < 4.78 is 35.2. The molecule has 0 saturated carbocycles. The molecule has 6 heteroatoms. The van der Waals surface area contributed by atoms with Gasteiger partial charge in [-0.25, -0.2) is 13.2 Å². The third-order valence-corrected chi connectivity index (χ3v) is 7.28. The normalized spacial score (nSPS) is 13.2. The summed E-state index contributed by atoms with van der Waals surface area (Å²) in [5, 5.41) is 3.63. The quantitative estimate of drug-likeness (QED) is 0.208. The van der Waals surface area contributed by atoms with Crippen molar-refractivity contribution in [2.24, 2.45) is 0 Å². The number of hydrogen-bond acceptors (Lipinski definition) is 4. The van der Waals surface area contributed by atoms with Gasteiger partial charge in [-0.15, -0.1) is 0 Å². The second kappa shape index (κ2) is 9.79. The zero-order valence-corrected chi connectivity index (χ0v) is 20.2. The minimum atomic E-state index is -3.96. The molecule has 0 aliphatic carbocycles. The number of hydrogen-bond donors (Lipinski definition) is 1. The molecule has 1 unspecified atom stereocenters. The van der Waals surface area contributed by atoms with Crippen LogP contribution in [0.1, 0.15) is 31.0 Å². The fraction of sp³-hybridized carbons (Fsp3) is 0.179. The molecule has 0 saturated heterocycles. The second-order valence-electron chi connectivity index (χ2n) is 8.06. The second-order valence-corrected chi connectivity index (χ2v) is 9.78. The van der Waals surface area contributed by atoms with Crippen molar-refractivity contribution in [3.8, 4) is 0 Å². The van der Waals surface area contributed by atoms with Crippen molar-refractivity contribution in [1.82, 2.24) is 4.72 Å². The van der Waals surface area contributed by atoms with Gasteiger partial charge < -0.3 is 4.74 Å². The van der Waals surface area contributed by atoms with Gasteiger partial charge in [0.05, 0.1) is 23.1 Å². The number of fused-ring (bicyclic) bond motifs is 2. The summed E-state index contributed by atoms with van der Waals surface area (Å²) >= 11 is 0. The number of benzene rings is 4. The van der Waals surface area contributed by atoms with Crippen LogP contribution in [0.15, 0.2) is 95.4 Å². The van der Waals surface area contributed by atoms with Crippen LogP contribution in [0.5, 0.6) is 0 Å². The molecule has 0 bridgehead atoms. The average molecular weight is 474 g/mol. The highest BCUT2D eigenvalue weighted by molar-refractivity contribution is 7.89. The van der Waals surface area contributed by atoms with E-state index >= 15 is 0 Å². The maximum Gasteiger partial charge on any atom is 0.335 e. The number of carbonyl (C=O) groups is 1. The van der Waals surface area contributed by atoms with Gasteiger partial charge in [0.1, 0.15) is 0 Å². The van der Waals surface area contributed by atoms with Gasteiger partial charge in [-0.05, 0) is 66.1 Å². The van der Waals surface area contributed by atoms with E-state index in [0.29, 0.717) is 5.56 Å². The molecule has 0 radical (unpaired) electrons. The maximum atomic E-state index is 13.5. The van der Waals surface area contributed by atoms with Gasteiger partial charge in [0.15, 0.2) is 0 Å². The Morgan fingerprint density at radius 1 is 0.941 bits per heavy atom. The molecule has 0 heterocycles. The van der Waals surface area contributed by atoms with Crippen LogP contribution in [0, 0.1) is 6.92 Å². The molecule has 1 N–H and O–H groups in total. The average Bonchev–Trinajstić information content (AvgIpc) is 2.83. The number of rotatable bonds is 7. The minimum Gasteiger partial charge on any atom is -0.463 e. The molecule has 0 aliphatic heterocycles. The van der Waals surface area contributed by atoms with E-state index in [1.54, 1.807) is 44.2 Å². The van der Waals surface area contributed by atoms with Crippen molar-refractivity contribution in [2.75, 3.05) is 6.61 Å². The van der Waals surface area contributed by atoms with Crippen LogP contribution in [-0.2, 0) is 19.6 Å². The number of esters is 1. The third-order valence-electron chi connectivity index (χ3n) is 5.84. The number of ether oxygens (including phenoxy) is 1. The minimum absolute atomic E-state index is 0.131. The molecule has 1 atom stereocenters. The largest absolute Gasteiger partial charge is 0.463 e. The molecule has 0 aliphatic rings. The van der Waals surface area contributed by atoms with Gasteiger partial charge in [-0.2, -0.15) is 4.72 Å². The Morgan fingerprint density at radius 3 is 2.03 bits per heavy atom. The van der Waals surface area contributed by atoms with Gasteiger partial charge in [0.2, 0.25) is 10.0 Å². The summed E-state index contributed by atoms with van der Waals surface area (Å²) in [6.45, 7) is 5.52. The molecule has 34 heavy (non-hydrogen) atoms. The number of aryl methyl sites for hydroxylation is 1. The molecule has 4 rings (SSSR count). The predicted molar refractivity (Wildman–Crippen MR) is 136 cm³/mol. The van der Waals surface area contributed by atoms with E-state index in [-0.39, 0.29) is 17.1 Å². The lowest BCUT2D eigenvalue weighted by Crippen LogP contribution is -2.33. The van der Waals surface area contributed by atoms with Crippen LogP contribution in [0.25, 0.3) is 21.5 Å². The standard InChI is InChI=1S/C28H27NO4S/c1-4-23(28(30)33-5-2)27(29-34(31,32)22-16-14-19(3)15-17-22)26-24-12-8-6-10-20(24)18-21-11-7-9-13-25(21)26/h4,6-18,27,29H,5H2,1-3H3. The predicted octanol–water partition coefficient (Wildman–Crippen LogP) is 5.83. The Kier molecular flexibility index (Phi) is 6.82. The van der Waals surface area contributed by atoms with Gasteiger partial charge in [0, 0.05) is 0 Å². The van der Waals surface area contributed by atoms with Crippen molar-refractivity contribution in [1.29, 1.82) is 0 Å². The van der Waals surface area contributed by atoms with E-state index in [9.17, 15) is 13.2 Å². The van der Waals surface area contributed by atoms with E-state index in [0.717, 1.165) is 27.1 Å². The fourth-order valence-corrected chi connectivity index (χ4v) is 5.38. The van der Waals surface area contributed by atoms with Crippen LogP contribution in [-0.4, -0.2) is 21.0 Å². The first-order valence-corrected chi connectivity index (χ1v) is 12.7. The van der Waals surface area contributed by atoms with Crippen LogP contribution in [0.3, 0.4) is 0 Å². The Bertz CT molecular complexity index is 1430. The fourth-order valence-electron chi connectivity index (χ4n) is 4.20. The van der Waals surface area contributed by atoms with Crippen molar-refractivity contribution < 1.29 is 17.9 Å². The monoisotopic (exact) mass is 473 g/mol. The summed E-state index contributed by atoms with van der Waals surface area (Å²) in [6, 6.07) is 23.3. The van der Waals surface area contributed by atoms with E-state index in [1.807, 2.05) is 55.5 Å². The Labute approximate surface area is 200 Å². The number of sulfonamides is 1. The van der Waals surface area contributed by atoms with Gasteiger partial charge in [-0.3, -0.25) is 0 Å². The van der Waals surface area contributed by atoms with E-state index in [1.165, 1.54) is 0 Å². The van der Waals surface area contributed by atoms with E-state index in [2.05, 4.69) is 10.8 Å². The molecule has 5 nitrogen and oxygen atoms in total. The maximum absolute atomic E-state index is 13.5. The van der Waals surface area contributed by atoms with Crippen LogP contribution < -0.4 is 4.72 Å². The molecular formula is C28H27NO4S. The van der Waals surface area contributed by atoms with Crippen LogP contribution in [0.2, 0.25) is 0 Å². The lowest BCUT2D eigenvalue weighted by Gasteiger charge is -2.24. The summed E-state index contributed by atoms with van der Waals surface area (Å²) in [6.07, 6.45) is 1.62. The highest BCUT2D eigenvalue weighted by Crippen LogP contribution is 2.37. The third kappa shape index (κ3) is 4.60. The topological polar surface area (TPSA) is 72.5 Å². The highest BCUT2D eigenvalue weighted by Gasteiger charge is 2.31. The molecule has 174 valence electrons. The van der Waals surface area contributed by atoms with Crippen LogP contribution >= 0.6 is 0 Å². The SMILES string of the molecule is CC=C(C(=O)OCC)C(NS(=O)(=O)c1ccc(C)cc1)c1c2ccccc2cc2ccccc12. The first-order chi connectivity index (χ1) is 16.4.